The van der Waals surface area contributed by atoms with Crippen LogP contribution in [0, 0.1) is 39.4 Å². The maximum Gasteiger partial charge on any atom is 0.332 e. The molecule has 35 heavy (non-hydrogen) atoms. The fourth-order valence-corrected chi connectivity index (χ4v) is 7.98. The quantitative estimate of drug-likeness (QED) is 0.278. The van der Waals surface area contributed by atoms with E-state index in [2.05, 4.69) is 27.7 Å². The molecule has 4 rings (SSSR count). The van der Waals surface area contributed by atoms with Crippen LogP contribution >= 0.6 is 0 Å². The number of ether oxygens (including phenoxy) is 2. The third-order valence-electron chi connectivity index (χ3n) is 9.98. The Morgan fingerprint density at radius 2 is 1.74 bits per heavy atom. The number of rotatable bonds is 5. The van der Waals surface area contributed by atoms with Gasteiger partial charge in [0.25, 0.3) is 0 Å². The molecule has 5 atom stereocenters. The summed E-state index contributed by atoms with van der Waals surface area (Å²) in [7, 11) is 1.53. The molecule has 2 bridgehead atoms. The van der Waals surface area contributed by atoms with E-state index >= 15 is 0 Å². The summed E-state index contributed by atoms with van der Waals surface area (Å²) < 4.78 is 11.1. The Labute approximate surface area is 210 Å². The van der Waals surface area contributed by atoms with Crippen molar-refractivity contribution in [3.8, 4) is 11.5 Å². The largest absolute Gasteiger partial charge is 0.493 e. The number of fused-ring (bicyclic) bond motifs is 1. The molecule has 1 N–H and O–H groups in total. The number of esters is 1. The highest BCUT2D eigenvalue weighted by atomic mass is 16.6. The molecule has 1 aromatic carbocycles. The zero-order chi connectivity index (χ0) is 26.0. The van der Waals surface area contributed by atoms with Gasteiger partial charge in [0.05, 0.1) is 12.5 Å². The first-order valence-electron chi connectivity index (χ1n) is 13.0. The number of carboxylic acid groups (broad SMARTS) is 1. The van der Waals surface area contributed by atoms with Crippen molar-refractivity contribution in [3.63, 3.8) is 0 Å². The summed E-state index contributed by atoms with van der Waals surface area (Å²) in [6, 6.07) is 5.26. The molecule has 0 unspecified atom stereocenters. The second-order valence-corrected chi connectivity index (χ2v) is 13.2. The van der Waals surface area contributed by atoms with E-state index in [0.717, 1.165) is 24.8 Å². The molecule has 0 saturated heterocycles. The van der Waals surface area contributed by atoms with Crippen LogP contribution in [0.1, 0.15) is 86.1 Å². The molecule has 0 amide bonds. The summed E-state index contributed by atoms with van der Waals surface area (Å²) in [6.45, 7) is 14.7. The molecule has 5 heteroatoms. The van der Waals surface area contributed by atoms with Crippen molar-refractivity contribution < 1.29 is 24.2 Å². The van der Waals surface area contributed by atoms with E-state index in [0.29, 0.717) is 40.2 Å². The second kappa shape index (κ2) is 8.38. The Balaban J connectivity index is 1.70. The van der Waals surface area contributed by atoms with Gasteiger partial charge >= 0.3 is 11.9 Å². The Bertz CT molecular complexity index is 1060. The summed E-state index contributed by atoms with van der Waals surface area (Å²) in [5.74, 6) is 1.26. The lowest BCUT2D eigenvalue weighted by atomic mass is 9.56. The average Bonchev–Trinajstić information content (AvgIpc) is 3.19. The summed E-state index contributed by atoms with van der Waals surface area (Å²) >= 11 is 0. The van der Waals surface area contributed by atoms with Gasteiger partial charge in [-0.05, 0) is 105 Å². The van der Waals surface area contributed by atoms with E-state index in [9.17, 15) is 14.7 Å². The van der Waals surface area contributed by atoms with Crippen LogP contribution in [0.15, 0.2) is 23.8 Å². The maximum absolute atomic E-state index is 12.7. The molecular formula is C30H42O5. The predicted octanol–water partition coefficient (Wildman–Crippen LogP) is 6.99. The Morgan fingerprint density at radius 3 is 2.34 bits per heavy atom. The van der Waals surface area contributed by atoms with Gasteiger partial charge in [-0.3, -0.25) is 4.79 Å². The fourth-order valence-electron chi connectivity index (χ4n) is 7.98. The SMILES string of the molecule is COc1cc(/C=C(/C(=O)O)[C@]2(C)CC[C@@]34C[C@@H]2C(C)(C)[C@@H]3CC[C@H]4C)ccc1OC(=O)C(C)(C)C. The van der Waals surface area contributed by atoms with Crippen molar-refractivity contribution in [2.75, 3.05) is 7.11 Å². The predicted molar refractivity (Wildman–Crippen MR) is 137 cm³/mol. The third-order valence-corrected chi connectivity index (χ3v) is 9.98. The third kappa shape index (κ3) is 3.99. The van der Waals surface area contributed by atoms with Gasteiger partial charge in [-0.25, -0.2) is 4.79 Å². The lowest BCUT2D eigenvalue weighted by molar-refractivity contribution is -0.143. The molecule has 1 spiro atoms. The van der Waals surface area contributed by atoms with Gasteiger partial charge in [0.15, 0.2) is 11.5 Å². The van der Waals surface area contributed by atoms with Crippen molar-refractivity contribution in [2.24, 2.45) is 39.4 Å². The molecule has 5 nitrogen and oxygen atoms in total. The number of benzene rings is 1. The van der Waals surface area contributed by atoms with E-state index in [1.54, 1.807) is 39.0 Å². The first-order valence-corrected chi connectivity index (χ1v) is 13.0. The Kier molecular flexibility index (Phi) is 6.18. The molecule has 3 aliphatic carbocycles. The van der Waals surface area contributed by atoms with Crippen LogP contribution in [0.2, 0.25) is 0 Å². The molecule has 3 aliphatic rings. The molecule has 1 aromatic rings. The van der Waals surface area contributed by atoms with Gasteiger partial charge < -0.3 is 14.6 Å². The number of carbonyl (C=O) groups excluding carboxylic acids is 1. The number of carboxylic acids is 1. The number of hydrogen-bond acceptors (Lipinski definition) is 4. The van der Waals surface area contributed by atoms with Gasteiger partial charge in [-0.2, -0.15) is 0 Å². The van der Waals surface area contributed by atoms with Crippen LogP contribution in [0.5, 0.6) is 11.5 Å². The topological polar surface area (TPSA) is 72.8 Å². The van der Waals surface area contributed by atoms with Crippen LogP contribution in [-0.2, 0) is 9.59 Å². The fraction of sp³-hybridized carbons (Fsp3) is 0.667. The van der Waals surface area contributed by atoms with Gasteiger partial charge in [-0.15, -0.1) is 0 Å². The molecule has 0 aliphatic heterocycles. The number of methoxy groups -OCH3 is 1. The minimum Gasteiger partial charge on any atom is -0.493 e. The highest BCUT2D eigenvalue weighted by molar-refractivity contribution is 5.94. The van der Waals surface area contributed by atoms with E-state index in [4.69, 9.17) is 9.47 Å². The van der Waals surface area contributed by atoms with Crippen LogP contribution < -0.4 is 9.47 Å². The van der Waals surface area contributed by atoms with Crippen LogP contribution in [0.4, 0.5) is 0 Å². The Hall–Kier alpha value is -2.30. The number of hydrogen-bond donors (Lipinski definition) is 1. The van der Waals surface area contributed by atoms with Gasteiger partial charge in [0.1, 0.15) is 0 Å². The number of aliphatic carboxylic acids is 1. The molecule has 0 radical (unpaired) electrons. The first kappa shape index (κ1) is 25.8. The van der Waals surface area contributed by atoms with Crippen LogP contribution in [-0.4, -0.2) is 24.2 Å². The zero-order valence-corrected chi connectivity index (χ0v) is 22.7. The minimum atomic E-state index is -0.855. The zero-order valence-electron chi connectivity index (χ0n) is 22.7. The van der Waals surface area contributed by atoms with Crippen molar-refractivity contribution in [1.29, 1.82) is 0 Å². The normalized spacial score (nSPS) is 33.8. The summed E-state index contributed by atoms with van der Waals surface area (Å²) in [5.41, 5.74) is 0.638. The van der Waals surface area contributed by atoms with Crippen molar-refractivity contribution in [3.05, 3.63) is 29.3 Å². The average molecular weight is 483 g/mol. The lowest BCUT2D eigenvalue weighted by Crippen LogP contribution is -2.42. The summed E-state index contributed by atoms with van der Waals surface area (Å²) in [4.78, 5) is 25.1. The highest BCUT2D eigenvalue weighted by Gasteiger charge is 2.68. The van der Waals surface area contributed by atoms with Crippen molar-refractivity contribution >= 4 is 18.0 Å². The van der Waals surface area contributed by atoms with Gasteiger partial charge in [0, 0.05) is 11.0 Å². The highest BCUT2D eigenvalue weighted by Crippen LogP contribution is 2.75. The lowest BCUT2D eigenvalue weighted by Gasteiger charge is -2.48. The first-order chi connectivity index (χ1) is 16.2. The Morgan fingerprint density at radius 1 is 1.06 bits per heavy atom. The minimum absolute atomic E-state index is 0.104. The smallest absolute Gasteiger partial charge is 0.332 e. The standard InChI is InChI=1S/C30H42O5/c1-18-9-12-23-28(5,6)24-17-30(18,23)14-13-29(24,7)20(25(31)32)15-19-10-11-21(22(16-19)34-8)35-26(33)27(2,3)4/h10-11,15-16,18,23-24H,9,12-14,17H2,1-8H3,(H,31,32)/b20-15-/t18-,23+,24-,29+,30+/m1/s1. The molecular weight excluding hydrogens is 440 g/mol. The molecule has 192 valence electrons. The van der Waals surface area contributed by atoms with E-state index in [-0.39, 0.29) is 11.4 Å². The monoisotopic (exact) mass is 482 g/mol. The van der Waals surface area contributed by atoms with E-state index in [1.807, 2.05) is 6.08 Å². The number of carbonyl (C=O) groups is 2. The van der Waals surface area contributed by atoms with E-state index in [1.165, 1.54) is 20.0 Å². The molecule has 3 saturated carbocycles. The molecule has 0 aromatic heterocycles. The molecule has 3 fully saturated rings. The maximum atomic E-state index is 12.7. The van der Waals surface area contributed by atoms with Gasteiger partial charge in [-0.1, -0.05) is 33.8 Å². The van der Waals surface area contributed by atoms with Crippen molar-refractivity contribution in [2.45, 2.75) is 80.6 Å². The van der Waals surface area contributed by atoms with E-state index < -0.39 is 16.8 Å². The second-order valence-electron chi connectivity index (χ2n) is 13.2. The van der Waals surface area contributed by atoms with Crippen molar-refractivity contribution in [1.82, 2.24) is 0 Å². The van der Waals surface area contributed by atoms with Crippen LogP contribution in [0.3, 0.4) is 0 Å². The summed E-state index contributed by atoms with van der Waals surface area (Å²) in [6.07, 6.45) is 7.50. The summed E-state index contributed by atoms with van der Waals surface area (Å²) in [5, 5.41) is 10.4. The van der Waals surface area contributed by atoms with Crippen LogP contribution in [0.25, 0.3) is 6.08 Å². The van der Waals surface area contributed by atoms with Gasteiger partial charge in [0.2, 0.25) is 0 Å². The molecule has 0 heterocycles.